The molecule has 0 aliphatic carbocycles. The number of fused-ring (bicyclic) bond motifs is 10. The molecule has 0 radical (unpaired) electrons. The average Bonchev–Trinajstić information content (AvgIpc) is 1.56. The predicted molar refractivity (Wildman–Crippen MR) is 345 cm³/mol. The molecule has 0 fully saturated rings. The highest BCUT2D eigenvalue weighted by molar-refractivity contribution is 7.00. The quantitative estimate of drug-likeness (QED) is 0.141. The fourth-order valence-electron chi connectivity index (χ4n) is 13.6. The van der Waals surface area contributed by atoms with E-state index in [0.29, 0.717) is 0 Å². The molecule has 0 saturated heterocycles. The minimum atomic E-state index is -0.185. The van der Waals surface area contributed by atoms with Crippen LogP contribution in [0.4, 0.5) is 17.1 Å². The number of benzene rings is 13. The lowest BCUT2D eigenvalue weighted by molar-refractivity contribution is 0.669. The third-order valence-corrected chi connectivity index (χ3v) is 17.3. The van der Waals surface area contributed by atoms with Crippen molar-refractivity contribution in [2.24, 2.45) is 0 Å². The molecule has 0 N–H and O–H groups in total. The van der Waals surface area contributed by atoms with E-state index in [1.165, 1.54) is 94.0 Å². The molecule has 4 heterocycles. The minimum absolute atomic E-state index is 0.185. The van der Waals surface area contributed by atoms with Crippen LogP contribution in [0.15, 0.2) is 302 Å². The van der Waals surface area contributed by atoms with Gasteiger partial charge >= 0.3 is 0 Å². The summed E-state index contributed by atoms with van der Waals surface area (Å²) in [5.41, 5.74) is 28.9. The van der Waals surface area contributed by atoms with Crippen LogP contribution < -0.4 is 21.3 Å². The Hall–Kier alpha value is -10.7. The summed E-state index contributed by atoms with van der Waals surface area (Å²) < 4.78 is 9.55. The molecule has 15 aromatic rings. The highest BCUT2D eigenvalue weighted by Crippen LogP contribution is 2.49. The topological polar surface area (TPSA) is 21.3 Å². The van der Waals surface area contributed by atoms with Gasteiger partial charge < -0.3 is 13.9 Å². The Morgan fingerprint density at radius 1 is 0.256 bits per heavy atom. The molecule has 82 heavy (non-hydrogen) atoms. The molecule has 0 atom stereocenters. The van der Waals surface area contributed by atoms with Gasteiger partial charge in [-0.3, -0.25) is 0 Å². The van der Waals surface area contributed by atoms with Gasteiger partial charge in [0.2, 0.25) is 0 Å². The van der Waals surface area contributed by atoms with Crippen LogP contribution in [0.1, 0.15) is 0 Å². The van der Waals surface area contributed by atoms with E-state index in [2.05, 4.69) is 307 Å². The van der Waals surface area contributed by atoms with Gasteiger partial charge in [0.1, 0.15) is 11.2 Å². The van der Waals surface area contributed by atoms with Gasteiger partial charge in [0, 0.05) is 49.7 Å². The standard InChI is InChI=1S/C78H49BN2O/c1-6-20-50(21-7-1)55-30-18-32-57(40-55)59-37-39-70-65(42-59)67-43-61(58-33-19-31-56(41-58)51-22-8-2-9-23-51)44-69-78(67)81(70)74-47-62(53-26-12-4-13-27-53)46-73-77(74)79(69)68-49-76-66(64-34-16-17-35-75(64)82-76)48-72(68)80(73)71-45-60(52-24-10-3-11-25-52)36-38-63(71)54-28-14-5-15-29-54/h1-49H. The van der Waals surface area contributed by atoms with Crippen LogP contribution in [0.2, 0.25) is 0 Å². The fraction of sp³-hybridized carbons (Fsp3) is 0. The Bertz CT molecular complexity index is 5030. The van der Waals surface area contributed by atoms with E-state index in [4.69, 9.17) is 4.42 Å². The average molecular weight is 1040 g/mol. The van der Waals surface area contributed by atoms with Crippen molar-refractivity contribution in [3.05, 3.63) is 297 Å². The number of hydrogen-bond acceptors (Lipinski definition) is 2. The Morgan fingerprint density at radius 3 is 1.38 bits per heavy atom. The first kappa shape index (κ1) is 46.3. The predicted octanol–water partition coefficient (Wildman–Crippen LogP) is 19.0. The second-order valence-electron chi connectivity index (χ2n) is 22.0. The lowest BCUT2D eigenvalue weighted by Crippen LogP contribution is -2.60. The normalized spacial score (nSPS) is 12.3. The number of aromatic nitrogens is 1. The van der Waals surface area contributed by atoms with Crippen molar-refractivity contribution in [2.45, 2.75) is 0 Å². The van der Waals surface area contributed by atoms with Crippen LogP contribution in [-0.4, -0.2) is 11.3 Å². The van der Waals surface area contributed by atoms with Gasteiger partial charge in [-0.1, -0.05) is 231 Å². The fourth-order valence-corrected chi connectivity index (χ4v) is 13.6. The number of nitrogens with zero attached hydrogens (tertiary/aromatic N) is 2. The van der Waals surface area contributed by atoms with E-state index in [-0.39, 0.29) is 6.71 Å². The molecule has 0 unspecified atom stereocenters. The molecule has 2 aliphatic rings. The van der Waals surface area contributed by atoms with Crippen molar-refractivity contribution in [1.82, 2.24) is 4.57 Å². The Kier molecular flexibility index (Phi) is 10.4. The maximum Gasteiger partial charge on any atom is 0.252 e. The lowest BCUT2D eigenvalue weighted by atomic mass is 9.33. The van der Waals surface area contributed by atoms with Crippen molar-refractivity contribution < 1.29 is 4.42 Å². The van der Waals surface area contributed by atoms with Crippen molar-refractivity contribution in [1.29, 1.82) is 0 Å². The summed E-state index contributed by atoms with van der Waals surface area (Å²) in [6.07, 6.45) is 0. The van der Waals surface area contributed by atoms with Crippen LogP contribution in [0, 0.1) is 0 Å². The summed E-state index contributed by atoms with van der Waals surface area (Å²) in [7, 11) is 0. The molecule has 2 aromatic heterocycles. The monoisotopic (exact) mass is 1040 g/mol. The first-order chi connectivity index (χ1) is 40.6. The van der Waals surface area contributed by atoms with Gasteiger partial charge in [-0.25, -0.2) is 0 Å². The lowest BCUT2D eigenvalue weighted by Gasteiger charge is -2.41. The van der Waals surface area contributed by atoms with Crippen LogP contribution in [0.5, 0.6) is 0 Å². The summed E-state index contributed by atoms with van der Waals surface area (Å²) in [6.45, 7) is -0.185. The zero-order valence-electron chi connectivity index (χ0n) is 44.7. The molecular formula is C78H49BN2O. The van der Waals surface area contributed by atoms with Crippen LogP contribution in [0.3, 0.4) is 0 Å². The smallest absolute Gasteiger partial charge is 0.252 e. The van der Waals surface area contributed by atoms with E-state index in [9.17, 15) is 0 Å². The molecule has 13 aromatic carbocycles. The molecule has 0 amide bonds. The van der Waals surface area contributed by atoms with Crippen LogP contribution in [0.25, 0.3) is 127 Å². The second kappa shape index (κ2) is 18.5. The van der Waals surface area contributed by atoms with Gasteiger partial charge in [0.15, 0.2) is 0 Å². The largest absolute Gasteiger partial charge is 0.456 e. The molecule has 3 nitrogen and oxygen atoms in total. The zero-order chi connectivity index (χ0) is 53.8. The second-order valence-corrected chi connectivity index (χ2v) is 22.0. The van der Waals surface area contributed by atoms with Gasteiger partial charge in [-0.2, -0.15) is 0 Å². The highest BCUT2D eigenvalue weighted by atomic mass is 16.3. The number of rotatable bonds is 8. The van der Waals surface area contributed by atoms with E-state index in [1.54, 1.807) is 0 Å². The van der Waals surface area contributed by atoms with Gasteiger partial charge in [-0.15, -0.1) is 0 Å². The SMILES string of the molecule is c1ccc(-c2cccc(-c3ccc4c(c3)c3cc(-c5cccc(-c6ccccc6)c5)cc5c3n4-c3cc(-c4ccccc4)cc4c3B5c3cc5oc6ccccc6c5cc3N4c3cc(-c4ccccc4)ccc3-c3ccccc3)c2)cc1. The van der Waals surface area contributed by atoms with E-state index < -0.39 is 0 Å². The molecule has 4 heteroatoms. The van der Waals surface area contributed by atoms with E-state index in [0.717, 1.165) is 66.8 Å². The number of furan rings is 1. The van der Waals surface area contributed by atoms with Crippen molar-refractivity contribution in [2.75, 3.05) is 4.90 Å². The summed E-state index contributed by atoms with van der Waals surface area (Å²) in [4.78, 5) is 2.60. The Balaban J connectivity index is 1.01. The summed E-state index contributed by atoms with van der Waals surface area (Å²) in [5.74, 6) is 0. The van der Waals surface area contributed by atoms with Crippen molar-refractivity contribution >= 4 is 83.9 Å². The maximum absolute atomic E-state index is 6.94. The summed E-state index contributed by atoms with van der Waals surface area (Å²) in [6, 6.07) is 110. The first-order valence-electron chi connectivity index (χ1n) is 28.3. The Labute approximate surface area is 476 Å². The minimum Gasteiger partial charge on any atom is -0.456 e. The van der Waals surface area contributed by atoms with Gasteiger partial charge in [0.25, 0.3) is 6.71 Å². The van der Waals surface area contributed by atoms with E-state index >= 15 is 0 Å². The van der Waals surface area contributed by atoms with Crippen molar-refractivity contribution in [3.63, 3.8) is 0 Å². The van der Waals surface area contributed by atoms with Crippen LogP contribution >= 0.6 is 0 Å². The molecule has 380 valence electrons. The molecule has 0 bridgehead atoms. The summed E-state index contributed by atoms with van der Waals surface area (Å²) >= 11 is 0. The molecule has 0 spiro atoms. The third-order valence-electron chi connectivity index (χ3n) is 17.3. The van der Waals surface area contributed by atoms with Gasteiger partial charge in [0.05, 0.1) is 11.2 Å². The zero-order valence-corrected chi connectivity index (χ0v) is 44.7. The van der Waals surface area contributed by atoms with Crippen molar-refractivity contribution in [3.8, 4) is 83.6 Å². The number of anilines is 3. The molecule has 17 rings (SSSR count). The number of hydrogen-bond donors (Lipinski definition) is 0. The Morgan fingerprint density at radius 2 is 0.732 bits per heavy atom. The van der Waals surface area contributed by atoms with Crippen LogP contribution in [-0.2, 0) is 0 Å². The highest BCUT2D eigenvalue weighted by Gasteiger charge is 2.44. The molecule has 2 aliphatic heterocycles. The molecular weight excluding hydrogens is 992 g/mol. The van der Waals surface area contributed by atoms with E-state index in [1.807, 2.05) is 0 Å². The maximum atomic E-state index is 6.94. The third kappa shape index (κ3) is 7.32. The number of para-hydroxylation sites is 1. The molecule has 0 saturated carbocycles. The first-order valence-corrected chi connectivity index (χ1v) is 28.3. The summed E-state index contributed by atoms with van der Waals surface area (Å²) in [5, 5.41) is 4.63. The van der Waals surface area contributed by atoms with Gasteiger partial charge in [-0.05, 0) is 155 Å².